The maximum Gasteiger partial charge on any atom is 0.218 e. The van der Waals surface area contributed by atoms with E-state index in [-0.39, 0.29) is 0 Å². The predicted molar refractivity (Wildman–Crippen MR) is 119 cm³/mol. The van der Waals surface area contributed by atoms with Gasteiger partial charge in [-0.15, -0.1) is 0 Å². The van der Waals surface area contributed by atoms with Gasteiger partial charge in [-0.3, -0.25) is 4.68 Å². The van der Waals surface area contributed by atoms with Crippen molar-refractivity contribution in [3.8, 4) is 5.88 Å². The van der Waals surface area contributed by atoms with E-state index in [0.29, 0.717) is 25.6 Å². The Balaban J connectivity index is 1.67. The Morgan fingerprint density at radius 2 is 1.83 bits per heavy atom. The number of pyridine rings is 1. The fraction of sp³-hybridized carbons (Fsp3) is 0.348. The lowest BCUT2D eigenvalue weighted by molar-refractivity contribution is 0.302. The van der Waals surface area contributed by atoms with Crippen molar-refractivity contribution in [1.29, 1.82) is 0 Å². The summed E-state index contributed by atoms with van der Waals surface area (Å²) in [6.07, 6.45) is 6.47. The maximum atomic E-state index is 5.74. The average molecular weight is 407 g/mol. The monoisotopic (exact) mass is 406 g/mol. The van der Waals surface area contributed by atoms with Crippen LogP contribution in [0.15, 0.2) is 66.0 Å². The first-order valence-corrected chi connectivity index (χ1v) is 10.4. The SMILES string of the molecule is CCCOc1ncccc1CN=C(NCC)NCc1ccccc1Cn1cccn1. The zero-order chi connectivity index (χ0) is 21.0. The summed E-state index contributed by atoms with van der Waals surface area (Å²) in [6, 6.07) is 14.2. The van der Waals surface area contributed by atoms with Crippen LogP contribution >= 0.6 is 0 Å². The van der Waals surface area contributed by atoms with Crippen LogP contribution in [0.3, 0.4) is 0 Å². The van der Waals surface area contributed by atoms with Crippen molar-refractivity contribution < 1.29 is 4.74 Å². The summed E-state index contributed by atoms with van der Waals surface area (Å²) >= 11 is 0. The van der Waals surface area contributed by atoms with Crippen LogP contribution in [-0.2, 0) is 19.6 Å². The Morgan fingerprint density at radius 1 is 1.00 bits per heavy atom. The molecule has 0 atom stereocenters. The molecule has 3 rings (SSSR count). The van der Waals surface area contributed by atoms with E-state index < -0.39 is 0 Å². The number of nitrogens with one attached hydrogen (secondary N) is 2. The Labute approximate surface area is 178 Å². The minimum atomic E-state index is 0.497. The van der Waals surface area contributed by atoms with Crippen molar-refractivity contribution >= 4 is 5.96 Å². The van der Waals surface area contributed by atoms with Gasteiger partial charge in [0.1, 0.15) is 0 Å². The minimum absolute atomic E-state index is 0.497. The highest BCUT2D eigenvalue weighted by atomic mass is 16.5. The van der Waals surface area contributed by atoms with Crippen molar-refractivity contribution in [2.75, 3.05) is 13.2 Å². The summed E-state index contributed by atoms with van der Waals surface area (Å²) in [5, 5.41) is 11.1. The van der Waals surface area contributed by atoms with E-state index in [1.54, 1.807) is 12.4 Å². The molecule has 2 heterocycles. The van der Waals surface area contributed by atoms with E-state index in [2.05, 4.69) is 58.8 Å². The van der Waals surface area contributed by atoms with Gasteiger partial charge in [0.2, 0.25) is 5.88 Å². The zero-order valence-electron chi connectivity index (χ0n) is 17.7. The molecule has 0 saturated carbocycles. The molecule has 7 heteroatoms. The van der Waals surface area contributed by atoms with Gasteiger partial charge >= 0.3 is 0 Å². The van der Waals surface area contributed by atoms with Gasteiger partial charge in [0, 0.05) is 37.2 Å². The largest absolute Gasteiger partial charge is 0.477 e. The van der Waals surface area contributed by atoms with E-state index in [1.807, 2.05) is 29.1 Å². The number of benzene rings is 1. The van der Waals surface area contributed by atoms with Gasteiger partial charge in [-0.2, -0.15) is 5.10 Å². The van der Waals surface area contributed by atoms with Gasteiger partial charge < -0.3 is 15.4 Å². The van der Waals surface area contributed by atoms with Gasteiger partial charge in [-0.25, -0.2) is 9.98 Å². The highest BCUT2D eigenvalue weighted by Gasteiger charge is 2.07. The molecule has 2 aromatic heterocycles. The fourth-order valence-corrected chi connectivity index (χ4v) is 3.01. The molecule has 0 aliphatic carbocycles. The van der Waals surface area contributed by atoms with Crippen LogP contribution in [0.1, 0.15) is 37.0 Å². The van der Waals surface area contributed by atoms with Gasteiger partial charge in [0.05, 0.1) is 19.7 Å². The quantitative estimate of drug-likeness (QED) is 0.399. The van der Waals surface area contributed by atoms with Crippen LogP contribution < -0.4 is 15.4 Å². The van der Waals surface area contributed by atoms with Crippen LogP contribution in [0.2, 0.25) is 0 Å². The Morgan fingerprint density at radius 3 is 2.60 bits per heavy atom. The molecule has 30 heavy (non-hydrogen) atoms. The van der Waals surface area contributed by atoms with Crippen molar-refractivity contribution in [2.24, 2.45) is 4.99 Å². The van der Waals surface area contributed by atoms with Gasteiger partial charge in [-0.05, 0) is 36.6 Å². The number of guanidine groups is 1. The number of nitrogens with zero attached hydrogens (tertiary/aromatic N) is 4. The molecule has 0 bridgehead atoms. The molecule has 0 spiro atoms. The van der Waals surface area contributed by atoms with Gasteiger partial charge in [0.25, 0.3) is 0 Å². The predicted octanol–water partition coefficient (Wildman–Crippen LogP) is 3.37. The van der Waals surface area contributed by atoms with Crippen LogP contribution in [0, 0.1) is 0 Å². The molecule has 0 amide bonds. The number of rotatable bonds is 10. The molecule has 0 unspecified atom stereocenters. The van der Waals surface area contributed by atoms with Crippen molar-refractivity contribution in [2.45, 2.75) is 39.9 Å². The number of aliphatic imine (C=N–C) groups is 1. The molecule has 2 N–H and O–H groups in total. The summed E-state index contributed by atoms with van der Waals surface area (Å²) in [7, 11) is 0. The molecule has 0 fully saturated rings. The number of hydrogen-bond acceptors (Lipinski definition) is 4. The standard InChI is InChI=1S/C23H30N6O/c1-3-15-30-22-20(11-7-12-25-22)17-27-23(24-4-2)26-16-19-9-5-6-10-21(19)18-29-14-8-13-28-29/h5-14H,3-4,15-18H2,1-2H3,(H2,24,26,27). The topological polar surface area (TPSA) is 76.4 Å². The second kappa shape index (κ2) is 11.6. The second-order valence-electron chi connectivity index (χ2n) is 6.84. The number of hydrogen-bond donors (Lipinski definition) is 2. The van der Waals surface area contributed by atoms with Crippen LogP contribution in [-0.4, -0.2) is 33.9 Å². The Bertz CT molecular complexity index is 923. The van der Waals surface area contributed by atoms with Crippen molar-refractivity contribution in [3.05, 3.63) is 77.7 Å². The second-order valence-corrected chi connectivity index (χ2v) is 6.84. The normalized spacial score (nSPS) is 11.3. The Hall–Kier alpha value is -3.35. The summed E-state index contributed by atoms with van der Waals surface area (Å²) in [5.41, 5.74) is 3.42. The summed E-state index contributed by atoms with van der Waals surface area (Å²) in [6.45, 7) is 7.49. The van der Waals surface area contributed by atoms with Crippen molar-refractivity contribution in [1.82, 2.24) is 25.4 Å². The first-order valence-electron chi connectivity index (χ1n) is 10.4. The average Bonchev–Trinajstić information content (AvgIpc) is 3.29. The third-order valence-corrected chi connectivity index (χ3v) is 4.50. The molecule has 7 nitrogen and oxygen atoms in total. The highest BCUT2D eigenvalue weighted by molar-refractivity contribution is 5.79. The molecule has 0 saturated heterocycles. The molecule has 3 aromatic rings. The smallest absolute Gasteiger partial charge is 0.218 e. The van der Waals surface area contributed by atoms with Crippen LogP contribution in [0.4, 0.5) is 0 Å². The van der Waals surface area contributed by atoms with E-state index >= 15 is 0 Å². The summed E-state index contributed by atoms with van der Waals surface area (Å²) < 4.78 is 7.67. The first kappa shape index (κ1) is 21.4. The first-order chi connectivity index (χ1) is 14.8. The van der Waals surface area contributed by atoms with Crippen molar-refractivity contribution in [3.63, 3.8) is 0 Å². The third kappa shape index (κ3) is 6.34. The number of ether oxygens (including phenoxy) is 1. The molecule has 0 aliphatic heterocycles. The molecular formula is C23H30N6O. The molecular weight excluding hydrogens is 376 g/mol. The van der Waals surface area contributed by atoms with Gasteiger partial charge in [-0.1, -0.05) is 37.3 Å². The molecule has 158 valence electrons. The van der Waals surface area contributed by atoms with Crippen LogP contribution in [0.5, 0.6) is 5.88 Å². The third-order valence-electron chi connectivity index (χ3n) is 4.50. The lowest BCUT2D eigenvalue weighted by Gasteiger charge is -2.14. The van der Waals surface area contributed by atoms with E-state index in [1.165, 1.54) is 11.1 Å². The highest BCUT2D eigenvalue weighted by Crippen LogP contribution is 2.15. The maximum absolute atomic E-state index is 5.74. The van der Waals surface area contributed by atoms with E-state index in [9.17, 15) is 0 Å². The van der Waals surface area contributed by atoms with Gasteiger partial charge in [0.15, 0.2) is 5.96 Å². The number of aromatic nitrogens is 3. The zero-order valence-corrected chi connectivity index (χ0v) is 17.7. The molecule has 1 aromatic carbocycles. The summed E-state index contributed by atoms with van der Waals surface area (Å²) in [4.78, 5) is 9.07. The van der Waals surface area contributed by atoms with E-state index in [4.69, 9.17) is 9.73 Å². The lowest BCUT2D eigenvalue weighted by Crippen LogP contribution is -2.37. The van der Waals surface area contributed by atoms with E-state index in [0.717, 1.165) is 31.0 Å². The molecule has 0 aliphatic rings. The lowest BCUT2D eigenvalue weighted by atomic mass is 10.1. The summed E-state index contributed by atoms with van der Waals surface area (Å²) in [5.74, 6) is 1.42. The fourth-order valence-electron chi connectivity index (χ4n) is 3.01. The minimum Gasteiger partial charge on any atom is -0.477 e. The Kier molecular flexibility index (Phi) is 8.26. The molecule has 0 radical (unpaired) electrons. The van der Waals surface area contributed by atoms with Crippen LogP contribution in [0.25, 0.3) is 0 Å².